The normalized spacial score (nSPS) is 23.8. The molecule has 1 fully saturated rings. The van der Waals surface area contributed by atoms with E-state index in [-0.39, 0.29) is 5.91 Å². The lowest BCUT2D eigenvalue weighted by atomic mass is 10.0. The Hall–Kier alpha value is -2.47. The number of primary amides is 1. The highest BCUT2D eigenvalue weighted by Gasteiger charge is 2.41. The van der Waals surface area contributed by atoms with Gasteiger partial charge in [-0.2, -0.15) is 0 Å². The summed E-state index contributed by atoms with van der Waals surface area (Å²) < 4.78 is 0. The van der Waals surface area contributed by atoms with E-state index in [1.807, 2.05) is 30.3 Å². The van der Waals surface area contributed by atoms with Crippen LogP contribution in [0, 0.1) is 5.92 Å². The molecule has 3 rings (SSSR count). The summed E-state index contributed by atoms with van der Waals surface area (Å²) >= 11 is 0. The number of hydrogen-bond acceptors (Lipinski definition) is 4. The van der Waals surface area contributed by atoms with Gasteiger partial charge in [0.05, 0.1) is 23.6 Å². The fraction of sp³-hybridized carbons (Fsp3) is 0.353. The largest absolute Gasteiger partial charge is 0.390 e. The van der Waals surface area contributed by atoms with Crippen LogP contribution in [0.4, 0.5) is 0 Å². The number of aliphatic hydroxyl groups excluding tert-OH is 1. The summed E-state index contributed by atoms with van der Waals surface area (Å²) in [5.74, 6) is -1.39. The minimum absolute atomic E-state index is 0.273. The molecule has 1 aliphatic rings. The zero-order valence-corrected chi connectivity index (χ0v) is 12.8. The zero-order valence-electron chi connectivity index (χ0n) is 12.8. The van der Waals surface area contributed by atoms with Crippen LogP contribution in [0.2, 0.25) is 0 Å². The lowest BCUT2D eigenvalue weighted by Crippen LogP contribution is -2.45. The number of hydrogen-bond donors (Lipinski definition) is 2. The van der Waals surface area contributed by atoms with Gasteiger partial charge in [-0.05, 0) is 25.0 Å². The lowest BCUT2D eigenvalue weighted by molar-refractivity contribution is -0.124. The Bertz CT molecular complexity index is 762. The van der Waals surface area contributed by atoms with Gasteiger partial charge in [-0.3, -0.25) is 9.59 Å². The molecule has 0 radical (unpaired) electrons. The van der Waals surface area contributed by atoms with E-state index in [0.29, 0.717) is 18.5 Å². The van der Waals surface area contributed by atoms with Crippen molar-refractivity contribution in [3.8, 4) is 0 Å². The van der Waals surface area contributed by atoms with Crippen molar-refractivity contribution < 1.29 is 14.7 Å². The van der Waals surface area contributed by atoms with Gasteiger partial charge in [-0.1, -0.05) is 24.3 Å². The number of fused-ring (bicyclic) bond motifs is 1. The number of carbonyl (C=O) groups is 2. The van der Waals surface area contributed by atoms with Gasteiger partial charge in [0.2, 0.25) is 5.91 Å². The van der Waals surface area contributed by atoms with Crippen molar-refractivity contribution in [3.05, 3.63) is 42.1 Å². The molecule has 1 aromatic carbocycles. The number of amides is 2. The van der Waals surface area contributed by atoms with Crippen molar-refractivity contribution in [3.63, 3.8) is 0 Å². The van der Waals surface area contributed by atoms with Gasteiger partial charge >= 0.3 is 0 Å². The number of likely N-dealkylation sites (N-methyl/N-ethyl adjacent to an activating group) is 1. The van der Waals surface area contributed by atoms with Crippen LogP contribution in [-0.4, -0.2) is 46.0 Å². The molecule has 1 aromatic heterocycles. The number of pyridine rings is 1. The van der Waals surface area contributed by atoms with Gasteiger partial charge in [0, 0.05) is 12.4 Å². The molecule has 120 valence electrons. The average Bonchev–Trinajstić information content (AvgIpc) is 2.94. The van der Waals surface area contributed by atoms with Crippen molar-refractivity contribution in [2.24, 2.45) is 11.7 Å². The van der Waals surface area contributed by atoms with Crippen LogP contribution in [0.15, 0.2) is 36.4 Å². The highest BCUT2D eigenvalue weighted by atomic mass is 16.3. The van der Waals surface area contributed by atoms with Crippen LogP contribution >= 0.6 is 0 Å². The number of rotatable bonds is 3. The molecule has 1 saturated carbocycles. The number of para-hydroxylation sites is 1. The van der Waals surface area contributed by atoms with E-state index in [1.165, 1.54) is 4.90 Å². The molecular formula is C17H19N3O3. The first-order chi connectivity index (χ1) is 11.0. The minimum Gasteiger partial charge on any atom is -0.390 e. The van der Waals surface area contributed by atoms with Gasteiger partial charge in [-0.15, -0.1) is 0 Å². The second-order valence-corrected chi connectivity index (χ2v) is 5.95. The Balaban J connectivity index is 1.82. The molecule has 0 bridgehead atoms. The number of carbonyl (C=O) groups excluding carboxylic acids is 2. The Morgan fingerprint density at radius 3 is 2.65 bits per heavy atom. The van der Waals surface area contributed by atoms with Crippen molar-refractivity contribution in [1.82, 2.24) is 9.88 Å². The molecule has 3 N–H and O–H groups in total. The molecule has 0 spiro atoms. The molecule has 23 heavy (non-hydrogen) atoms. The summed E-state index contributed by atoms with van der Waals surface area (Å²) in [7, 11) is 1.62. The second-order valence-electron chi connectivity index (χ2n) is 5.95. The summed E-state index contributed by atoms with van der Waals surface area (Å²) in [5, 5.41) is 11.2. The maximum atomic E-state index is 12.6. The smallest absolute Gasteiger partial charge is 0.272 e. The van der Waals surface area contributed by atoms with Crippen LogP contribution in [0.5, 0.6) is 0 Å². The van der Waals surface area contributed by atoms with Crippen molar-refractivity contribution in [2.45, 2.75) is 25.0 Å². The molecule has 1 aliphatic carbocycles. The molecule has 0 saturated heterocycles. The molecule has 2 aromatic rings. The van der Waals surface area contributed by atoms with E-state index in [4.69, 9.17) is 5.73 Å². The second kappa shape index (κ2) is 5.96. The van der Waals surface area contributed by atoms with Crippen LogP contribution < -0.4 is 5.73 Å². The molecule has 6 nitrogen and oxygen atoms in total. The minimum atomic E-state index is -0.929. The summed E-state index contributed by atoms with van der Waals surface area (Å²) in [6, 6.07) is 10.7. The molecule has 0 unspecified atom stereocenters. The molecule has 6 heteroatoms. The predicted octanol–water partition coefficient (Wildman–Crippen LogP) is 0.932. The Morgan fingerprint density at radius 1 is 1.22 bits per heavy atom. The fourth-order valence-corrected chi connectivity index (χ4v) is 3.21. The number of aliphatic hydroxyl groups is 1. The molecule has 0 aliphatic heterocycles. The number of nitrogens with zero attached hydrogens (tertiary/aromatic N) is 2. The highest BCUT2D eigenvalue weighted by Crippen LogP contribution is 2.30. The third-order valence-corrected chi connectivity index (χ3v) is 4.58. The van der Waals surface area contributed by atoms with Gasteiger partial charge < -0.3 is 15.7 Å². The Labute approximate surface area is 133 Å². The highest BCUT2D eigenvalue weighted by molar-refractivity contribution is 5.95. The van der Waals surface area contributed by atoms with E-state index in [1.54, 1.807) is 13.1 Å². The predicted molar refractivity (Wildman–Crippen MR) is 85.5 cm³/mol. The average molecular weight is 313 g/mol. The standard InChI is InChI=1S/C17H19N3O3/c1-20(14-9-7-11(15(14)21)16(18)22)17(23)13-8-6-10-4-2-3-5-12(10)19-13/h2-6,8,11,14-15,21H,7,9H2,1H3,(H2,18,22)/t11-,14-,15+/m1/s1. The summed E-state index contributed by atoms with van der Waals surface area (Å²) in [6.45, 7) is 0. The Morgan fingerprint density at radius 2 is 1.96 bits per heavy atom. The first kappa shape index (κ1) is 15.4. The maximum absolute atomic E-state index is 12.6. The van der Waals surface area contributed by atoms with Crippen molar-refractivity contribution >= 4 is 22.7 Å². The third kappa shape index (κ3) is 2.77. The van der Waals surface area contributed by atoms with E-state index < -0.39 is 24.0 Å². The van der Waals surface area contributed by atoms with Crippen molar-refractivity contribution in [1.29, 1.82) is 0 Å². The van der Waals surface area contributed by atoms with E-state index in [9.17, 15) is 14.7 Å². The number of benzene rings is 1. The van der Waals surface area contributed by atoms with E-state index in [2.05, 4.69) is 4.98 Å². The molecule has 2 amide bonds. The lowest BCUT2D eigenvalue weighted by Gasteiger charge is -2.28. The van der Waals surface area contributed by atoms with Crippen LogP contribution in [0.1, 0.15) is 23.3 Å². The van der Waals surface area contributed by atoms with Gasteiger partial charge in [0.25, 0.3) is 5.91 Å². The SMILES string of the molecule is CN(C(=O)c1ccc2ccccc2n1)[C@@H]1CC[C@@H](C(N)=O)[C@@H]1O. The van der Waals surface area contributed by atoms with Crippen LogP contribution in [0.25, 0.3) is 10.9 Å². The van der Waals surface area contributed by atoms with Crippen LogP contribution in [-0.2, 0) is 4.79 Å². The zero-order chi connectivity index (χ0) is 16.6. The van der Waals surface area contributed by atoms with Gasteiger partial charge in [-0.25, -0.2) is 4.98 Å². The van der Waals surface area contributed by atoms with Gasteiger partial charge in [0.1, 0.15) is 5.69 Å². The first-order valence-electron chi connectivity index (χ1n) is 7.59. The fourth-order valence-electron chi connectivity index (χ4n) is 3.21. The maximum Gasteiger partial charge on any atom is 0.272 e. The molecular weight excluding hydrogens is 294 g/mol. The van der Waals surface area contributed by atoms with Crippen molar-refractivity contribution in [2.75, 3.05) is 7.05 Å². The number of nitrogens with two attached hydrogens (primary N) is 1. The van der Waals surface area contributed by atoms with Gasteiger partial charge in [0.15, 0.2) is 0 Å². The topological polar surface area (TPSA) is 96.5 Å². The quantitative estimate of drug-likeness (QED) is 0.881. The molecule has 3 atom stereocenters. The third-order valence-electron chi connectivity index (χ3n) is 4.58. The monoisotopic (exact) mass is 313 g/mol. The summed E-state index contributed by atoms with van der Waals surface area (Å²) in [5.41, 5.74) is 6.35. The summed E-state index contributed by atoms with van der Waals surface area (Å²) in [6.07, 6.45) is 0.107. The van der Waals surface area contributed by atoms with E-state index >= 15 is 0 Å². The first-order valence-corrected chi connectivity index (χ1v) is 7.59. The van der Waals surface area contributed by atoms with Crippen LogP contribution in [0.3, 0.4) is 0 Å². The van der Waals surface area contributed by atoms with E-state index in [0.717, 1.165) is 10.9 Å². The summed E-state index contributed by atoms with van der Waals surface area (Å²) in [4.78, 5) is 29.8. The number of aromatic nitrogens is 1. The molecule has 1 heterocycles. The Kier molecular flexibility index (Phi) is 4.00.